The van der Waals surface area contributed by atoms with E-state index in [1.165, 1.54) is 19.3 Å². The highest BCUT2D eigenvalue weighted by molar-refractivity contribution is 6.04. The number of benzene rings is 1. The van der Waals surface area contributed by atoms with Crippen LogP contribution in [0.1, 0.15) is 50.1 Å². The summed E-state index contributed by atoms with van der Waals surface area (Å²) in [7, 11) is 1.59. The number of ether oxygens (including phenoxy) is 1. The monoisotopic (exact) mass is 396 g/mol. The Morgan fingerprint density at radius 3 is 2.76 bits per heavy atom. The number of carbonyl (C=O) groups is 2. The SMILES string of the molecule is COc1ccc(C)cc1N1CC(C(=O)Nc2ccnn2C2CCCCC2)CC1=O. The number of amides is 2. The van der Waals surface area contributed by atoms with Gasteiger partial charge in [0.15, 0.2) is 0 Å². The van der Waals surface area contributed by atoms with Crippen LogP contribution < -0.4 is 15.0 Å². The lowest BCUT2D eigenvalue weighted by atomic mass is 9.96. The highest BCUT2D eigenvalue weighted by atomic mass is 16.5. The third kappa shape index (κ3) is 3.99. The lowest BCUT2D eigenvalue weighted by Crippen LogP contribution is -2.29. The summed E-state index contributed by atoms with van der Waals surface area (Å²) in [5, 5.41) is 7.45. The highest BCUT2D eigenvalue weighted by Crippen LogP contribution is 2.35. The van der Waals surface area contributed by atoms with Gasteiger partial charge in [-0.15, -0.1) is 0 Å². The van der Waals surface area contributed by atoms with E-state index in [4.69, 9.17) is 4.74 Å². The number of rotatable bonds is 5. The van der Waals surface area contributed by atoms with Gasteiger partial charge in [-0.1, -0.05) is 25.3 Å². The van der Waals surface area contributed by atoms with Crippen molar-refractivity contribution < 1.29 is 14.3 Å². The molecule has 2 amide bonds. The number of nitrogens with zero attached hydrogens (tertiary/aromatic N) is 3. The zero-order valence-electron chi connectivity index (χ0n) is 17.1. The van der Waals surface area contributed by atoms with Crippen LogP contribution in [0.15, 0.2) is 30.5 Å². The van der Waals surface area contributed by atoms with Crippen LogP contribution in [-0.4, -0.2) is 35.2 Å². The van der Waals surface area contributed by atoms with Gasteiger partial charge in [0.05, 0.1) is 31.0 Å². The maximum absolute atomic E-state index is 12.9. The van der Waals surface area contributed by atoms with Crippen LogP contribution in [0.3, 0.4) is 0 Å². The Kier molecular flexibility index (Phi) is 5.56. The summed E-state index contributed by atoms with van der Waals surface area (Å²) in [6.07, 6.45) is 7.77. The molecule has 2 aliphatic rings. The molecule has 1 unspecified atom stereocenters. The molecule has 1 atom stereocenters. The standard InChI is InChI=1S/C22H28N4O3/c1-15-8-9-19(29-2)18(12-15)25-14-16(13-21(25)27)22(28)24-20-10-11-23-26(20)17-6-4-3-5-7-17/h8-12,16-17H,3-7,13-14H2,1-2H3,(H,24,28). The summed E-state index contributed by atoms with van der Waals surface area (Å²) in [6.45, 7) is 2.32. The minimum Gasteiger partial charge on any atom is -0.495 e. The quantitative estimate of drug-likeness (QED) is 0.836. The number of nitrogens with one attached hydrogen (secondary N) is 1. The first-order chi connectivity index (χ1) is 14.1. The molecule has 2 fully saturated rings. The molecule has 1 aliphatic heterocycles. The zero-order chi connectivity index (χ0) is 20.4. The molecule has 0 spiro atoms. The van der Waals surface area contributed by atoms with Gasteiger partial charge >= 0.3 is 0 Å². The molecular formula is C22H28N4O3. The summed E-state index contributed by atoms with van der Waals surface area (Å²) in [5.41, 5.74) is 1.76. The van der Waals surface area contributed by atoms with Gasteiger partial charge in [-0.25, -0.2) is 4.68 Å². The number of aromatic nitrogens is 2. The first kappa shape index (κ1) is 19.5. The molecule has 154 valence electrons. The first-order valence-electron chi connectivity index (χ1n) is 10.4. The Morgan fingerprint density at radius 2 is 2.00 bits per heavy atom. The van der Waals surface area contributed by atoms with E-state index in [-0.39, 0.29) is 18.2 Å². The van der Waals surface area contributed by atoms with Gasteiger partial charge in [0.2, 0.25) is 11.8 Å². The maximum atomic E-state index is 12.9. The average molecular weight is 396 g/mol. The van der Waals surface area contributed by atoms with Gasteiger partial charge in [0.1, 0.15) is 11.6 Å². The second-order valence-corrected chi connectivity index (χ2v) is 8.02. The molecule has 1 aromatic carbocycles. The summed E-state index contributed by atoms with van der Waals surface area (Å²) in [4.78, 5) is 27.2. The lowest BCUT2D eigenvalue weighted by molar-refractivity contribution is -0.122. The van der Waals surface area contributed by atoms with Crippen molar-refractivity contribution in [2.75, 3.05) is 23.9 Å². The summed E-state index contributed by atoms with van der Waals surface area (Å²) < 4.78 is 7.36. The van der Waals surface area contributed by atoms with Crippen LogP contribution in [0.2, 0.25) is 0 Å². The second-order valence-electron chi connectivity index (χ2n) is 8.02. The normalized spacial score (nSPS) is 20.1. The van der Waals surface area contributed by atoms with Crippen LogP contribution in [0.4, 0.5) is 11.5 Å². The lowest BCUT2D eigenvalue weighted by Gasteiger charge is -2.24. The zero-order valence-corrected chi connectivity index (χ0v) is 17.1. The number of hydrogen-bond donors (Lipinski definition) is 1. The average Bonchev–Trinajstić information content (AvgIpc) is 3.35. The third-order valence-corrected chi connectivity index (χ3v) is 5.96. The van der Waals surface area contributed by atoms with E-state index >= 15 is 0 Å². The Balaban J connectivity index is 1.47. The van der Waals surface area contributed by atoms with Crippen molar-refractivity contribution in [3.05, 3.63) is 36.0 Å². The molecular weight excluding hydrogens is 368 g/mol. The van der Waals surface area contributed by atoms with E-state index in [1.807, 2.05) is 35.9 Å². The summed E-state index contributed by atoms with van der Waals surface area (Å²) in [6, 6.07) is 7.90. The Hall–Kier alpha value is -2.83. The van der Waals surface area contributed by atoms with Crippen LogP contribution in [-0.2, 0) is 9.59 Å². The van der Waals surface area contributed by atoms with Gasteiger partial charge < -0.3 is 15.0 Å². The van der Waals surface area contributed by atoms with Gasteiger partial charge in [0.25, 0.3) is 0 Å². The fourth-order valence-electron chi connectivity index (χ4n) is 4.39. The molecule has 0 radical (unpaired) electrons. The third-order valence-electron chi connectivity index (χ3n) is 5.96. The molecule has 7 heteroatoms. The molecule has 2 aromatic rings. The fraction of sp³-hybridized carbons (Fsp3) is 0.500. The van der Waals surface area contributed by atoms with E-state index in [1.54, 1.807) is 18.2 Å². The van der Waals surface area contributed by atoms with E-state index < -0.39 is 5.92 Å². The van der Waals surface area contributed by atoms with Gasteiger partial charge in [-0.05, 0) is 37.5 Å². The molecule has 4 rings (SSSR count). The smallest absolute Gasteiger partial charge is 0.230 e. The van der Waals surface area contributed by atoms with Crippen LogP contribution in [0.5, 0.6) is 5.75 Å². The van der Waals surface area contributed by atoms with E-state index in [9.17, 15) is 9.59 Å². The van der Waals surface area contributed by atoms with Crippen LogP contribution >= 0.6 is 0 Å². The van der Waals surface area contributed by atoms with Crippen molar-refractivity contribution in [1.29, 1.82) is 0 Å². The van der Waals surface area contributed by atoms with Crippen molar-refractivity contribution in [3.63, 3.8) is 0 Å². The molecule has 0 bridgehead atoms. The van der Waals surface area contributed by atoms with Crippen LogP contribution in [0.25, 0.3) is 0 Å². The van der Waals surface area contributed by atoms with E-state index in [2.05, 4.69) is 10.4 Å². The maximum Gasteiger partial charge on any atom is 0.230 e. The molecule has 29 heavy (non-hydrogen) atoms. The Labute approximate surface area is 171 Å². The van der Waals surface area contributed by atoms with Crippen molar-refractivity contribution in [3.8, 4) is 5.75 Å². The van der Waals surface area contributed by atoms with Crippen molar-refractivity contribution in [2.45, 2.75) is 51.5 Å². The van der Waals surface area contributed by atoms with Crippen LogP contribution in [0, 0.1) is 12.8 Å². The molecule has 1 aliphatic carbocycles. The molecule has 1 aromatic heterocycles. The molecule has 1 N–H and O–H groups in total. The number of hydrogen-bond acceptors (Lipinski definition) is 4. The number of methoxy groups -OCH3 is 1. The number of carbonyl (C=O) groups excluding carboxylic acids is 2. The number of aryl methyl sites for hydroxylation is 1. The molecule has 7 nitrogen and oxygen atoms in total. The van der Waals surface area contributed by atoms with Crippen molar-refractivity contribution >= 4 is 23.3 Å². The number of anilines is 2. The summed E-state index contributed by atoms with van der Waals surface area (Å²) >= 11 is 0. The van der Waals surface area contributed by atoms with Crippen molar-refractivity contribution in [1.82, 2.24) is 9.78 Å². The second kappa shape index (κ2) is 8.27. The predicted molar refractivity (Wildman–Crippen MR) is 111 cm³/mol. The fourth-order valence-corrected chi connectivity index (χ4v) is 4.39. The van der Waals surface area contributed by atoms with E-state index in [0.717, 1.165) is 29.9 Å². The predicted octanol–water partition coefficient (Wildman–Crippen LogP) is 3.70. The van der Waals surface area contributed by atoms with Crippen molar-refractivity contribution in [2.24, 2.45) is 5.92 Å². The van der Waals surface area contributed by atoms with Gasteiger partial charge in [-0.2, -0.15) is 5.10 Å². The summed E-state index contributed by atoms with van der Waals surface area (Å²) in [5.74, 6) is 0.767. The minimum atomic E-state index is -0.401. The highest BCUT2D eigenvalue weighted by Gasteiger charge is 2.36. The van der Waals surface area contributed by atoms with Gasteiger partial charge in [0, 0.05) is 19.0 Å². The van der Waals surface area contributed by atoms with Gasteiger partial charge in [-0.3, -0.25) is 9.59 Å². The Bertz CT molecular complexity index is 901. The largest absolute Gasteiger partial charge is 0.495 e. The molecule has 1 saturated heterocycles. The minimum absolute atomic E-state index is 0.0603. The Morgan fingerprint density at radius 1 is 1.21 bits per heavy atom. The van der Waals surface area contributed by atoms with E-state index in [0.29, 0.717) is 18.3 Å². The topological polar surface area (TPSA) is 76.5 Å². The molecule has 1 saturated carbocycles. The molecule has 2 heterocycles. The first-order valence-corrected chi connectivity index (χ1v) is 10.4.